The van der Waals surface area contributed by atoms with Crippen LogP contribution < -0.4 is 5.56 Å². The highest BCUT2D eigenvalue weighted by atomic mass is 35.5. The first-order valence-electron chi connectivity index (χ1n) is 9.62. The van der Waals surface area contributed by atoms with E-state index < -0.39 is 11.7 Å². The molecule has 0 bridgehead atoms. The van der Waals surface area contributed by atoms with Crippen LogP contribution in [0.1, 0.15) is 42.2 Å². The normalized spacial score (nSPS) is 11.0. The van der Waals surface area contributed by atoms with Gasteiger partial charge in [-0.3, -0.25) is 9.59 Å². The van der Waals surface area contributed by atoms with E-state index in [1.165, 1.54) is 21.7 Å². The molecule has 2 aromatic carbocycles. The van der Waals surface area contributed by atoms with Crippen molar-refractivity contribution in [2.45, 2.75) is 39.3 Å². The monoisotopic (exact) mass is 415 g/mol. The minimum atomic E-state index is -0.473. The Hall–Kier alpha value is -2.73. The number of halogens is 2. The van der Waals surface area contributed by atoms with E-state index in [0.29, 0.717) is 17.3 Å². The Morgan fingerprint density at radius 2 is 1.86 bits per heavy atom. The number of carbonyl (C=O) groups is 1. The van der Waals surface area contributed by atoms with Gasteiger partial charge < -0.3 is 4.90 Å². The minimum Gasteiger partial charge on any atom is -0.336 e. The second-order valence-corrected chi connectivity index (χ2v) is 7.40. The number of fused-ring (bicyclic) bond motifs is 1. The summed E-state index contributed by atoms with van der Waals surface area (Å²) < 4.78 is 15.5. The minimum absolute atomic E-state index is 0.00465. The number of carbonyl (C=O) groups excluding carboxylic acids is 1. The van der Waals surface area contributed by atoms with Gasteiger partial charge in [0.2, 0.25) is 0 Å². The summed E-state index contributed by atoms with van der Waals surface area (Å²) in [5, 5.41) is 5.55. The summed E-state index contributed by atoms with van der Waals surface area (Å²) in [7, 11) is 1.56. The summed E-state index contributed by atoms with van der Waals surface area (Å²) in [5.41, 5.74) is 0.199. The van der Waals surface area contributed by atoms with Crippen molar-refractivity contribution in [3.63, 3.8) is 0 Å². The highest BCUT2D eigenvalue weighted by Gasteiger charge is 2.21. The molecule has 1 heterocycles. The largest absolute Gasteiger partial charge is 0.336 e. The molecule has 3 aromatic rings. The summed E-state index contributed by atoms with van der Waals surface area (Å²) in [6, 6.07) is 11.3. The highest BCUT2D eigenvalue weighted by Crippen LogP contribution is 2.22. The summed E-state index contributed by atoms with van der Waals surface area (Å²) in [6.07, 6.45) is 2.78. The molecule has 7 heteroatoms. The van der Waals surface area contributed by atoms with Gasteiger partial charge in [0.25, 0.3) is 11.5 Å². The number of aryl methyl sites for hydroxylation is 1. The fourth-order valence-corrected chi connectivity index (χ4v) is 3.45. The van der Waals surface area contributed by atoms with Gasteiger partial charge in [-0.25, -0.2) is 9.07 Å². The van der Waals surface area contributed by atoms with Gasteiger partial charge in [0.1, 0.15) is 5.82 Å². The Kier molecular flexibility index (Phi) is 6.64. The van der Waals surface area contributed by atoms with Crippen LogP contribution in [-0.2, 0) is 13.1 Å². The third-order valence-corrected chi connectivity index (χ3v) is 5.20. The molecule has 0 N–H and O–H groups in total. The molecular formula is C22H23ClFN3O2. The molecule has 3 rings (SSSR count). The molecule has 0 spiro atoms. The van der Waals surface area contributed by atoms with Gasteiger partial charge in [-0.1, -0.05) is 55.6 Å². The maximum absolute atomic E-state index is 14.1. The first kappa shape index (κ1) is 21.0. The number of unbranched alkanes of at least 4 members (excludes halogenated alkanes) is 2. The van der Waals surface area contributed by atoms with Gasteiger partial charge in [-0.15, -0.1) is 0 Å². The van der Waals surface area contributed by atoms with Crippen molar-refractivity contribution in [2.75, 3.05) is 7.05 Å². The van der Waals surface area contributed by atoms with Gasteiger partial charge >= 0.3 is 0 Å². The van der Waals surface area contributed by atoms with Crippen molar-refractivity contribution >= 4 is 28.3 Å². The molecule has 0 atom stereocenters. The average Bonchev–Trinajstić information content (AvgIpc) is 2.72. The van der Waals surface area contributed by atoms with E-state index in [9.17, 15) is 14.0 Å². The molecule has 0 saturated heterocycles. The molecule has 1 aromatic heterocycles. The molecule has 0 unspecified atom stereocenters. The lowest BCUT2D eigenvalue weighted by molar-refractivity contribution is 0.0777. The lowest BCUT2D eigenvalue weighted by Crippen LogP contribution is -2.32. The Morgan fingerprint density at radius 3 is 2.55 bits per heavy atom. The van der Waals surface area contributed by atoms with Crippen LogP contribution in [0, 0.1) is 5.82 Å². The fourth-order valence-electron chi connectivity index (χ4n) is 3.23. The number of amides is 1. The molecule has 29 heavy (non-hydrogen) atoms. The standard InChI is InChI=1S/C22H23ClFN3O2/c1-3-4-7-13-27-21(28)16-10-6-5-9-15(16)20(25-27)22(29)26(2)14-17-18(23)11-8-12-19(17)24/h5-6,8-12H,3-4,7,13-14H2,1-2H3. The molecule has 1 amide bonds. The summed E-state index contributed by atoms with van der Waals surface area (Å²) in [4.78, 5) is 27.3. The third kappa shape index (κ3) is 4.48. The fraction of sp³-hybridized carbons (Fsp3) is 0.318. The van der Waals surface area contributed by atoms with E-state index >= 15 is 0 Å². The van der Waals surface area contributed by atoms with Gasteiger partial charge in [0.15, 0.2) is 5.69 Å². The van der Waals surface area contributed by atoms with E-state index in [-0.39, 0.29) is 28.4 Å². The van der Waals surface area contributed by atoms with Crippen LogP contribution in [0.5, 0.6) is 0 Å². The van der Waals surface area contributed by atoms with E-state index in [0.717, 1.165) is 19.3 Å². The molecule has 0 aliphatic carbocycles. The van der Waals surface area contributed by atoms with Gasteiger partial charge in [0, 0.05) is 29.6 Å². The zero-order valence-corrected chi connectivity index (χ0v) is 17.2. The number of hydrogen-bond donors (Lipinski definition) is 0. The maximum atomic E-state index is 14.1. The van der Waals surface area contributed by atoms with Crippen molar-refractivity contribution < 1.29 is 9.18 Å². The van der Waals surface area contributed by atoms with Crippen LogP contribution in [0.4, 0.5) is 4.39 Å². The summed E-state index contributed by atoms with van der Waals surface area (Å²) >= 11 is 6.10. The zero-order valence-electron chi connectivity index (χ0n) is 16.5. The first-order valence-corrected chi connectivity index (χ1v) is 10.00. The number of rotatable bonds is 7. The number of hydrogen-bond acceptors (Lipinski definition) is 3. The van der Waals surface area contributed by atoms with Crippen LogP contribution in [0.3, 0.4) is 0 Å². The quantitative estimate of drug-likeness (QED) is 0.528. The van der Waals surface area contributed by atoms with E-state index in [4.69, 9.17) is 11.6 Å². The van der Waals surface area contributed by atoms with Gasteiger partial charge in [-0.2, -0.15) is 5.10 Å². The first-order chi connectivity index (χ1) is 13.9. The molecule has 0 aliphatic heterocycles. The Bertz CT molecular complexity index is 1080. The van der Waals surface area contributed by atoms with E-state index in [2.05, 4.69) is 12.0 Å². The van der Waals surface area contributed by atoms with Crippen LogP contribution in [0.25, 0.3) is 10.8 Å². The predicted octanol–water partition coefficient (Wildman–Crippen LogP) is 4.65. The lowest BCUT2D eigenvalue weighted by Gasteiger charge is -2.19. The summed E-state index contributed by atoms with van der Waals surface area (Å²) in [6.45, 7) is 2.52. The molecule has 152 valence electrons. The third-order valence-electron chi connectivity index (χ3n) is 4.85. The Labute approximate surface area is 173 Å². The SMILES string of the molecule is CCCCCn1nc(C(=O)N(C)Cc2c(F)cccc2Cl)c2ccccc2c1=O. The maximum Gasteiger partial charge on any atom is 0.274 e. The van der Waals surface area contributed by atoms with Gasteiger partial charge in [-0.05, 0) is 24.6 Å². The van der Waals surface area contributed by atoms with Crippen molar-refractivity contribution in [3.05, 3.63) is 74.9 Å². The van der Waals surface area contributed by atoms with Crippen molar-refractivity contribution in [1.82, 2.24) is 14.7 Å². The molecule has 0 saturated carbocycles. The van der Waals surface area contributed by atoms with Crippen molar-refractivity contribution in [1.29, 1.82) is 0 Å². The average molecular weight is 416 g/mol. The molecule has 0 fully saturated rings. The smallest absolute Gasteiger partial charge is 0.274 e. The number of benzene rings is 2. The number of nitrogens with zero attached hydrogens (tertiary/aromatic N) is 3. The van der Waals surface area contributed by atoms with Crippen molar-refractivity contribution in [3.8, 4) is 0 Å². The van der Waals surface area contributed by atoms with Gasteiger partial charge in [0.05, 0.1) is 11.9 Å². The molecule has 0 radical (unpaired) electrons. The Morgan fingerprint density at radius 1 is 1.14 bits per heavy atom. The molecule has 5 nitrogen and oxygen atoms in total. The molecule has 0 aliphatic rings. The predicted molar refractivity (Wildman–Crippen MR) is 113 cm³/mol. The van der Waals surface area contributed by atoms with Crippen LogP contribution in [0.2, 0.25) is 5.02 Å². The second kappa shape index (κ2) is 9.18. The Balaban J connectivity index is 2.00. The lowest BCUT2D eigenvalue weighted by atomic mass is 10.1. The van der Waals surface area contributed by atoms with Crippen LogP contribution >= 0.6 is 11.6 Å². The van der Waals surface area contributed by atoms with Crippen LogP contribution in [0.15, 0.2) is 47.3 Å². The van der Waals surface area contributed by atoms with E-state index in [1.54, 1.807) is 37.4 Å². The topological polar surface area (TPSA) is 55.2 Å². The van der Waals surface area contributed by atoms with Crippen molar-refractivity contribution in [2.24, 2.45) is 0 Å². The van der Waals surface area contributed by atoms with Crippen LogP contribution in [-0.4, -0.2) is 27.6 Å². The highest BCUT2D eigenvalue weighted by molar-refractivity contribution is 6.31. The van der Waals surface area contributed by atoms with E-state index in [1.807, 2.05) is 0 Å². The number of aromatic nitrogens is 2. The zero-order chi connectivity index (χ0) is 21.0. The summed E-state index contributed by atoms with van der Waals surface area (Å²) in [5.74, 6) is -0.871. The second-order valence-electron chi connectivity index (χ2n) is 6.99. The molecular weight excluding hydrogens is 393 g/mol.